The molecule has 1 aliphatic heterocycles. The molecular formula is C14H22N2O. The van der Waals surface area contributed by atoms with Crippen molar-refractivity contribution >= 4 is 5.69 Å². The first-order valence-electron chi connectivity index (χ1n) is 6.48. The van der Waals surface area contributed by atoms with Crippen molar-refractivity contribution in [1.29, 1.82) is 0 Å². The molecule has 1 aromatic rings. The number of aliphatic hydroxyl groups is 1. The van der Waals surface area contributed by atoms with Crippen LogP contribution in [0, 0.1) is 0 Å². The molecule has 0 unspecified atom stereocenters. The predicted octanol–water partition coefficient (Wildman–Crippen LogP) is 1.78. The molecule has 1 heterocycles. The molecular weight excluding hydrogens is 212 g/mol. The maximum atomic E-state index is 10.3. The van der Waals surface area contributed by atoms with Crippen LogP contribution in [0.5, 0.6) is 0 Å². The minimum atomic E-state index is -0.547. The van der Waals surface area contributed by atoms with Gasteiger partial charge in [-0.05, 0) is 50.0 Å². The lowest BCUT2D eigenvalue weighted by atomic mass is 9.92. The molecule has 1 saturated heterocycles. The summed E-state index contributed by atoms with van der Waals surface area (Å²) in [6.07, 6.45) is 2.72. The van der Waals surface area contributed by atoms with Gasteiger partial charge >= 0.3 is 0 Å². The SMILES string of the molecule is CCc1ccc(NCC2(O)CCNCC2)cc1. The molecule has 1 aromatic carbocycles. The summed E-state index contributed by atoms with van der Waals surface area (Å²) in [6.45, 7) is 4.61. The maximum Gasteiger partial charge on any atom is 0.0843 e. The summed E-state index contributed by atoms with van der Waals surface area (Å²) in [5.74, 6) is 0. The van der Waals surface area contributed by atoms with E-state index < -0.39 is 5.60 Å². The molecule has 0 saturated carbocycles. The number of anilines is 1. The molecule has 0 radical (unpaired) electrons. The standard InChI is InChI=1S/C14H22N2O/c1-2-12-3-5-13(6-4-12)16-11-14(17)7-9-15-10-8-14/h3-6,15-17H,2,7-11H2,1H3. The smallest absolute Gasteiger partial charge is 0.0843 e. The molecule has 1 fully saturated rings. The van der Waals surface area contributed by atoms with Gasteiger partial charge in [0.25, 0.3) is 0 Å². The van der Waals surface area contributed by atoms with Crippen LogP contribution in [0.4, 0.5) is 5.69 Å². The van der Waals surface area contributed by atoms with E-state index in [1.165, 1.54) is 5.56 Å². The Morgan fingerprint density at radius 3 is 2.47 bits per heavy atom. The van der Waals surface area contributed by atoms with Crippen molar-refractivity contribution in [3.05, 3.63) is 29.8 Å². The Morgan fingerprint density at radius 1 is 1.24 bits per heavy atom. The number of rotatable bonds is 4. The Hall–Kier alpha value is -1.06. The lowest BCUT2D eigenvalue weighted by Gasteiger charge is -2.33. The normalized spacial score (nSPS) is 18.9. The zero-order valence-corrected chi connectivity index (χ0v) is 10.5. The van der Waals surface area contributed by atoms with Gasteiger partial charge in [-0.15, -0.1) is 0 Å². The molecule has 0 aliphatic carbocycles. The molecule has 0 spiro atoms. The number of nitrogens with one attached hydrogen (secondary N) is 2. The third kappa shape index (κ3) is 3.45. The molecule has 94 valence electrons. The minimum absolute atomic E-state index is 0.547. The van der Waals surface area contributed by atoms with Gasteiger partial charge in [-0.2, -0.15) is 0 Å². The predicted molar refractivity (Wildman–Crippen MR) is 71.4 cm³/mol. The summed E-state index contributed by atoms with van der Waals surface area (Å²) < 4.78 is 0. The van der Waals surface area contributed by atoms with Crippen molar-refractivity contribution in [2.24, 2.45) is 0 Å². The van der Waals surface area contributed by atoms with E-state index >= 15 is 0 Å². The lowest BCUT2D eigenvalue weighted by Crippen LogP contribution is -2.46. The highest BCUT2D eigenvalue weighted by Gasteiger charge is 2.28. The van der Waals surface area contributed by atoms with Crippen molar-refractivity contribution in [2.75, 3.05) is 25.0 Å². The highest BCUT2D eigenvalue weighted by Crippen LogP contribution is 2.19. The second-order valence-electron chi connectivity index (χ2n) is 4.88. The second-order valence-corrected chi connectivity index (χ2v) is 4.88. The molecule has 1 aliphatic rings. The van der Waals surface area contributed by atoms with E-state index in [1.54, 1.807) is 0 Å². The maximum absolute atomic E-state index is 10.3. The van der Waals surface area contributed by atoms with E-state index in [1.807, 2.05) is 0 Å². The van der Waals surface area contributed by atoms with Crippen molar-refractivity contribution in [1.82, 2.24) is 5.32 Å². The molecule has 2 rings (SSSR count). The topological polar surface area (TPSA) is 44.3 Å². The van der Waals surface area contributed by atoms with E-state index in [9.17, 15) is 5.11 Å². The van der Waals surface area contributed by atoms with E-state index in [4.69, 9.17) is 0 Å². The minimum Gasteiger partial charge on any atom is -0.388 e. The summed E-state index contributed by atoms with van der Waals surface area (Å²) in [6, 6.07) is 8.44. The summed E-state index contributed by atoms with van der Waals surface area (Å²) in [7, 11) is 0. The first-order chi connectivity index (χ1) is 8.22. The second kappa shape index (κ2) is 5.52. The Labute approximate surface area is 103 Å². The number of aryl methyl sites for hydroxylation is 1. The van der Waals surface area contributed by atoms with Gasteiger partial charge in [0.05, 0.1) is 5.60 Å². The van der Waals surface area contributed by atoms with Crippen LogP contribution in [0.25, 0.3) is 0 Å². The first kappa shape index (κ1) is 12.4. The zero-order chi connectivity index (χ0) is 12.1. The summed E-state index contributed by atoms with van der Waals surface area (Å²) >= 11 is 0. The average Bonchev–Trinajstić information content (AvgIpc) is 2.38. The van der Waals surface area contributed by atoms with Crippen molar-refractivity contribution in [3.8, 4) is 0 Å². The highest BCUT2D eigenvalue weighted by atomic mass is 16.3. The molecule has 0 aromatic heterocycles. The van der Waals surface area contributed by atoms with Gasteiger partial charge in [0.1, 0.15) is 0 Å². The van der Waals surface area contributed by atoms with E-state index in [2.05, 4.69) is 41.8 Å². The van der Waals surface area contributed by atoms with Gasteiger partial charge < -0.3 is 15.7 Å². The van der Waals surface area contributed by atoms with Crippen LogP contribution in [0.2, 0.25) is 0 Å². The number of piperidine rings is 1. The van der Waals surface area contributed by atoms with Gasteiger partial charge in [-0.1, -0.05) is 19.1 Å². The van der Waals surface area contributed by atoms with E-state index in [0.29, 0.717) is 6.54 Å². The van der Waals surface area contributed by atoms with Gasteiger partial charge in [0.15, 0.2) is 0 Å². The number of benzene rings is 1. The molecule has 17 heavy (non-hydrogen) atoms. The fourth-order valence-electron chi connectivity index (χ4n) is 2.19. The molecule has 3 nitrogen and oxygen atoms in total. The van der Waals surface area contributed by atoms with Crippen molar-refractivity contribution < 1.29 is 5.11 Å². The number of hydrogen-bond donors (Lipinski definition) is 3. The molecule has 0 atom stereocenters. The van der Waals surface area contributed by atoms with Gasteiger partial charge in [0, 0.05) is 12.2 Å². The van der Waals surface area contributed by atoms with Gasteiger partial charge in [-0.3, -0.25) is 0 Å². The van der Waals surface area contributed by atoms with Gasteiger partial charge in [0.2, 0.25) is 0 Å². The molecule has 3 heteroatoms. The Balaban J connectivity index is 1.87. The van der Waals surface area contributed by atoms with Crippen molar-refractivity contribution in [3.63, 3.8) is 0 Å². The van der Waals surface area contributed by atoms with Crippen LogP contribution in [0.15, 0.2) is 24.3 Å². The van der Waals surface area contributed by atoms with Crippen LogP contribution in [-0.4, -0.2) is 30.3 Å². The molecule has 0 bridgehead atoms. The van der Waals surface area contributed by atoms with E-state index in [-0.39, 0.29) is 0 Å². The lowest BCUT2D eigenvalue weighted by molar-refractivity contribution is 0.0232. The van der Waals surface area contributed by atoms with Crippen LogP contribution in [0.3, 0.4) is 0 Å². The highest BCUT2D eigenvalue weighted by molar-refractivity contribution is 5.44. The summed E-state index contributed by atoms with van der Waals surface area (Å²) in [5, 5.41) is 16.9. The summed E-state index contributed by atoms with van der Waals surface area (Å²) in [4.78, 5) is 0. The van der Waals surface area contributed by atoms with Crippen LogP contribution >= 0.6 is 0 Å². The Kier molecular flexibility index (Phi) is 4.02. The van der Waals surface area contributed by atoms with Crippen molar-refractivity contribution in [2.45, 2.75) is 31.8 Å². The summed E-state index contributed by atoms with van der Waals surface area (Å²) in [5.41, 5.74) is 1.89. The van der Waals surface area contributed by atoms with Crippen LogP contribution < -0.4 is 10.6 Å². The molecule has 0 amide bonds. The van der Waals surface area contributed by atoms with Crippen LogP contribution in [0.1, 0.15) is 25.3 Å². The quantitative estimate of drug-likeness (QED) is 0.744. The monoisotopic (exact) mass is 234 g/mol. The zero-order valence-electron chi connectivity index (χ0n) is 10.5. The fourth-order valence-corrected chi connectivity index (χ4v) is 2.19. The average molecular weight is 234 g/mol. The third-order valence-corrected chi connectivity index (χ3v) is 3.52. The largest absolute Gasteiger partial charge is 0.388 e. The van der Waals surface area contributed by atoms with Crippen LogP contribution in [-0.2, 0) is 6.42 Å². The first-order valence-corrected chi connectivity index (χ1v) is 6.48. The van der Waals surface area contributed by atoms with Gasteiger partial charge in [-0.25, -0.2) is 0 Å². The Morgan fingerprint density at radius 2 is 1.88 bits per heavy atom. The molecule has 3 N–H and O–H groups in total. The number of hydrogen-bond acceptors (Lipinski definition) is 3. The Bertz CT molecular complexity index is 342. The third-order valence-electron chi connectivity index (χ3n) is 3.52. The van der Waals surface area contributed by atoms with E-state index in [0.717, 1.165) is 38.0 Å². The fraction of sp³-hybridized carbons (Fsp3) is 0.571.